The van der Waals surface area contributed by atoms with Gasteiger partial charge >= 0.3 is 0 Å². The first-order valence-electron chi connectivity index (χ1n) is 5.18. The summed E-state index contributed by atoms with van der Waals surface area (Å²) in [6.07, 6.45) is 5.46. The van der Waals surface area contributed by atoms with Gasteiger partial charge in [-0.2, -0.15) is 0 Å². The Bertz CT molecular complexity index is 421. The van der Waals surface area contributed by atoms with Gasteiger partial charge in [0.2, 0.25) is 0 Å². The number of rotatable bonds is 5. The van der Waals surface area contributed by atoms with E-state index in [1.54, 1.807) is 6.08 Å². The van der Waals surface area contributed by atoms with Crippen LogP contribution in [0.2, 0.25) is 0 Å². The van der Waals surface area contributed by atoms with Crippen molar-refractivity contribution >= 4 is 6.29 Å². The number of hydrogen-bond donors (Lipinski definition) is 0. The maximum absolute atomic E-state index is 10.5. The van der Waals surface area contributed by atoms with Crippen molar-refractivity contribution in [2.24, 2.45) is 0 Å². The Morgan fingerprint density at radius 1 is 1.31 bits per heavy atom. The highest BCUT2D eigenvalue weighted by Gasteiger charge is 1.96. The van der Waals surface area contributed by atoms with Crippen molar-refractivity contribution in [3.8, 4) is 0 Å². The molecule has 1 nitrogen and oxygen atoms in total. The van der Waals surface area contributed by atoms with Gasteiger partial charge in [0.05, 0.1) is 0 Å². The van der Waals surface area contributed by atoms with E-state index >= 15 is 0 Å². The fourth-order valence-electron chi connectivity index (χ4n) is 1.41. The van der Waals surface area contributed by atoms with E-state index in [0.29, 0.717) is 5.56 Å². The Morgan fingerprint density at radius 3 is 2.44 bits per heavy atom. The summed E-state index contributed by atoms with van der Waals surface area (Å²) in [6, 6.07) is 7.54. The lowest BCUT2D eigenvalue weighted by Crippen LogP contribution is -1.88. The third kappa shape index (κ3) is 3.70. The van der Waals surface area contributed by atoms with Crippen molar-refractivity contribution in [3.05, 3.63) is 71.8 Å². The van der Waals surface area contributed by atoms with Crippen molar-refractivity contribution in [1.29, 1.82) is 0 Å². The van der Waals surface area contributed by atoms with Gasteiger partial charge in [0.1, 0.15) is 6.29 Å². The van der Waals surface area contributed by atoms with Crippen LogP contribution in [0.3, 0.4) is 0 Å². The second kappa shape index (κ2) is 5.86. The molecule has 0 aliphatic rings. The zero-order chi connectivity index (χ0) is 12.0. The Kier molecular flexibility index (Phi) is 4.46. The van der Waals surface area contributed by atoms with Crippen LogP contribution >= 0.6 is 0 Å². The molecule has 0 saturated heterocycles. The molecule has 1 heteroatoms. The van der Waals surface area contributed by atoms with Gasteiger partial charge in [-0.3, -0.25) is 4.79 Å². The normalized spacial score (nSPS) is 10.9. The smallest absolute Gasteiger partial charge is 0.150 e. The summed E-state index contributed by atoms with van der Waals surface area (Å²) in [5.74, 6) is 0. The van der Waals surface area contributed by atoms with Gasteiger partial charge in [-0.25, -0.2) is 0 Å². The van der Waals surface area contributed by atoms with Crippen LogP contribution in [-0.4, -0.2) is 6.29 Å². The average Bonchev–Trinajstić information content (AvgIpc) is 2.29. The van der Waals surface area contributed by atoms with Crippen molar-refractivity contribution in [1.82, 2.24) is 0 Å². The molecule has 0 spiro atoms. The minimum absolute atomic E-state index is 0.701. The molecule has 0 radical (unpaired) electrons. The number of allylic oxidation sites excluding steroid dienone is 4. The topological polar surface area (TPSA) is 17.1 Å². The highest BCUT2D eigenvalue weighted by atomic mass is 16.1. The Morgan fingerprint density at radius 2 is 1.94 bits per heavy atom. The van der Waals surface area contributed by atoms with Gasteiger partial charge in [-0.05, 0) is 18.9 Å². The van der Waals surface area contributed by atoms with E-state index in [1.165, 1.54) is 0 Å². The molecule has 0 N–H and O–H groups in total. The van der Waals surface area contributed by atoms with Crippen molar-refractivity contribution < 1.29 is 4.79 Å². The highest BCUT2D eigenvalue weighted by Crippen LogP contribution is 2.10. The van der Waals surface area contributed by atoms with Crippen molar-refractivity contribution in [2.75, 3.05) is 0 Å². The van der Waals surface area contributed by atoms with E-state index in [2.05, 4.69) is 13.2 Å². The van der Waals surface area contributed by atoms with Crippen LogP contribution in [0.25, 0.3) is 0 Å². The molecule has 1 rings (SSSR count). The van der Waals surface area contributed by atoms with Gasteiger partial charge in [0.25, 0.3) is 0 Å². The standard InChI is InChI=1S/C15H16O/c1-4-12(2)9-13(3)10-14-5-7-15(11-16)8-6-14/h4-9,11H,1,3,10H2,2H3/b12-9-. The maximum atomic E-state index is 10.5. The lowest BCUT2D eigenvalue weighted by Gasteiger charge is -2.02. The summed E-state index contributed by atoms with van der Waals surface area (Å²) >= 11 is 0. The van der Waals surface area contributed by atoms with Gasteiger partial charge in [0, 0.05) is 5.56 Å². The first kappa shape index (κ1) is 12.2. The average molecular weight is 212 g/mol. The molecular weight excluding hydrogens is 196 g/mol. The number of aldehydes is 1. The predicted octanol–water partition coefficient (Wildman–Crippen LogP) is 3.73. The van der Waals surface area contributed by atoms with E-state index < -0.39 is 0 Å². The van der Waals surface area contributed by atoms with E-state index in [4.69, 9.17) is 0 Å². The van der Waals surface area contributed by atoms with E-state index in [-0.39, 0.29) is 0 Å². The third-order valence-corrected chi connectivity index (χ3v) is 2.30. The molecule has 16 heavy (non-hydrogen) atoms. The molecule has 0 atom stereocenters. The lowest BCUT2D eigenvalue weighted by molar-refractivity contribution is 0.112. The quantitative estimate of drug-likeness (QED) is 0.537. The summed E-state index contributed by atoms with van der Waals surface area (Å²) in [7, 11) is 0. The number of hydrogen-bond acceptors (Lipinski definition) is 1. The van der Waals surface area contributed by atoms with Gasteiger partial charge in [-0.15, -0.1) is 0 Å². The monoisotopic (exact) mass is 212 g/mol. The number of carbonyl (C=O) groups excluding carboxylic acids is 1. The Balaban J connectivity index is 2.70. The van der Waals surface area contributed by atoms with Gasteiger partial charge in [-0.1, -0.05) is 60.7 Å². The lowest BCUT2D eigenvalue weighted by atomic mass is 10.0. The summed E-state index contributed by atoms with van der Waals surface area (Å²) in [4.78, 5) is 10.5. The molecule has 0 bridgehead atoms. The van der Waals surface area contributed by atoms with Crippen molar-refractivity contribution in [3.63, 3.8) is 0 Å². The zero-order valence-electron chi connectivity index (χ0n) is 9.57. The van der Waals surface area contributed by atoms with E-state index in [9.17, 15) is 4.79 Å². The number of carbonyl (C=O) groups is 1. The predicted molar refractivity (Wildman–Crippen MR) is 68.6 cm³/mol. The summed E-state index contributed by atoms with van der Waals surface area (Å²) in [6.45, 7) is 9.68. The van der Waals surface area contributed by atoms with Crippen LogP contribution in [0.5, 0.6) is 0 Å². The molecular formula is C15H16O. The Labute approximate surface area is 96.8 Å². The third-order valence-electron chi connectivity index (χ3n) is 2.30. The highest BCUT2D eigenvalue weighted by molar-refractivity contribution is 5.74. The molecule has 0 amide bonds. The van der Waals surface area contributed by atoms with E-state index in [1.807, 2.05) is 37.3 Å². The van der Waals surface area contributed by atoms with Crippen LogP contribution in [0.1, 0.15) is 22.8 Å². The van der Waals surface area contributed by atoms with Gasteiger partial charge < -0.3 is 0 Å². The summed E-state index contributed by atoms with van der Waals surface area (Å²) in [5.41, 5.74) is 4.00. The molecule has 1 aromatic carbocycles. The summed E-state index contributed by atoms with van der Waals surface area (Å²) < 4.78 is 0. The van der Waals surface area contributed by atoms with Crippen LogP contribution in [-0.2, 0) is 6.42 Å². The van der Waals surface area contributed by atoms with Crippen LogP contribution in [0.15, 0.2) is 60.7 Å². The number of benzene rings is 1. The molecule has 0 unspecified atom stereocenters. The molecule has 0 aliphatic carbocycles. The molecule has 0 saturated carbocycles. The minimum Gasteiger partial charge on any atom is -0.298 e. The first-order valence-corrected chi connectivity index (χ1v) is 5.18. The maximum Gasteiger partial charge on any atom is 0.150 e. The zero-order valence-corrected chi connectivity index (χ0v) is 9.57. The fourth-order valence-corrected chi connectivity index (χ4v) is 1.41. The van der Waals surface area contributed by atoms with E-state index in [0.717, 1.165) is 29.4 Å². The fraction of sp³-hybridized carbons (Fsp3) is 0.133. The summed E-state index contributed by atoms with van der Waals surface area (Å²) in [5, 5.41) is 0. The Hall–Kier alpha value is -1.89. The van der Waals surface area contributed by atoms with Gasteiger partial charge in [0.15, 0.2) is 0 Å². The molecule has 0 aromatic heterocycles. The molecule has 1 aromatic rings. The molecule has 0 aliphatic heterocycles. The van der Waals surface area contributed by atoms with Crippen LogP contribution in [0, 0.1) is 0 Å². The largest absolute Gasteiger partial charge is 0.298 e. The minimum atomic E-state index is 0.701. The molecule has 82 valence electrons. The second-order valence-corrected chi connectivity index (χ2v) is 3.79. The SMILES string of the molecule is C=C/C(C)=C\C(=C)Cc1ccc(C=O)cc1. The molecule has 0 heterocycles. The second-order valence-electron chi connectivity index (χ2n) is 3.79. The van der Waals surface area contributed by atoms with Crippen LogP contribution < -0.4 is 0 Å². The first-order chi connectivity index (χ1) is 7.65. The van der Waals surface area contributed by atoms with Crippen LogP contribution in [0.4, 0.5) is 0 Å². The van der Waals surface area contributed by atoms with Crippen molar-refractivity contribution in [2.45, 2.75) is 13.3 Å². The molecule has 0 fully saturated rings.